The van der Waals surface area contributed by atoms with Crippen LogP contribution in [0.15, 0.2) is 18.2 Å². The number of hydrogen-bond acceptors (Lipinski definition) is 4. The molecule has 1 aliphatic rings. The van der Waals surface area contributed by atoms with Crippen molar-refractivity contribution in [3.05, 3.63) is 23.8 Å². The van der Waals surface area contributed by atoms with Crippen molar-refractivity contribution in [1.82, 2.24) is 5.32 Å². The number of benzene rings is 1. The lowest BCUT2D eigenvalue weighted by atomic mass is 9.84. The Kier molecular flexibility index (Phi) is 4.89. The van der Waals surface area contributed by atoms with Crippen molar-refractivity contribution in [3.8, 4) is 11.5 Å². The average Bonchev–Trinajstić information content (AvgIpc) is 2.45. The molecular formula is C16H25NO3. The Morgan fingerprint density at radius 1 is 1.30 bits per heavy atom. The van der Waals surface area contributed by atoms with Gasteiger partial charge in [-0.1, -0.05) is 25.3 Å². The first-order chi connectivity index (χ1) is 9.54. The van der Waals surface area contributed by atoms with Crippen LogP contribution in [0.3, 0.4) is 0 Å². The molecule has 112 valence electrons. The summed E-state index contributed by atoms with van der Waals surface area (Å²) in [6.45, 7) is 2.56. The zero-order chi connectivity index (χ0) is 14.6. The van der Waals surface area contributed by atoms with E-state index in [1.807, 2.05) is 19.1 Å². The molecule has 20 heavy (non-hydrogen) atoms. The Bertz CT molecular complexity index is 441. The Balaban J connectivity index is 1.96. The van der Waals surface area contributed by atoms with Gasteiger partial charge in [0.1, 0.15) is 11.5 Å². The fourth-order valence-electron chi connectivity index (χ4n) is 2.86. The van der Waals surface area contributed by atoms with Gasteiger partial charge in [-0.15, -0.1) is 0 Å². The zero-order valence-corrected chi connectivity index (χ0v) is 12.4. The summed E-state index contributed by atoms with van der Waals surface area (Å²) in [6, 6.07) is 5.30. The number of methoxy groups -OCH3 is 1. The summed E-state index contributed by atoms with van der Waals surface area (Å²) in [5, 5.41) is 23.8. The molecule has 0 heterocycles. The van der Waals surface area contributed by atoms with E-state index in [0.29, 0.717) is 12.3 Å². The van der Waals surface area contributed by atoms with Crippen molar-refractivity contribution in [2.24, 2.45) is 0 Å². The molecule has 1 atom stereocenters. The predicted octanol–water partition coefficient (Wildman–Crippen LogP) is 2.75. The van der Waals surface area contributed by atoms with E-state index >= 15 is 0 Å². The molecule has 3 N–H and O–H groups in total. The lowest BCUT2D eigenvalue weighted by Crippen LogP contribution is -2.42. The first-order valence-electron chi connectivity index (χ1n) is 7.37. The molecule has 4 heteroatoms. The summed E-state index contributed by atoms with van der Waals surface area (Å²) in [5.74, 6) is 0.865. The van der Waals surface area contributed by atoms with Crippen molar-refractivity contribution >= 4 is 0 Å². The number of hydrogen-bond donors (Lipinski definition) is 3. The summed E-state index contributed by atoms with van der Waals surface area (Å²) in [5.41, 5.74) is 0.236. The van der Waals surface area contributed by atoms with E-state index in [1.165, 1.54) is 6.42 Å². The third-order valence-electron chi connectivity index (χ3n) is 4.23. The number of phenols is 1. The van der Waals surface area contributed by atoms with Crippen molar-refractivity contribution in [2.75, 3.05) is 13.7 Å². The molecule has 0 bridgehead atoms. The highest BCUT2D eigenvalue weighted by Gasteiger charge is 2.29. The van der Waals surface area contributed by atoms with E-state index in [4.69, 9.17) is 4.74 Å². The van der Waals surface area contributed by atoms with Crippen LogP contribution in [0, 0.1) is 0 Å². The maximum Gasteiger partial charge on any atom is 0.124 e. The number of nitrogens with one attached hydrogen (secondary N) is 1. The smallest absolute Gasteiger partial charge is 0.124 e. The van der Waals surface area contributed by atoms with Crippen LogP contribution in [0.5, 0.6) is 11.5 Å². The van der Waals surface area contributed by atoms with E-state index in [-0.39, 0.29) is 11.8 Å². The molecule has 2 rings (SSSR count). The molecule has 1 aromatic carbocycles. The minimum absolute atomic E-state index is 0.00754. The first kappa shape index (κ1) is 15.1. The van der Waals surface area contributed by atoms with Crippen molar-refractivity contribution in [2.45, 2.75) is 50.7 Å². The number of ether oxygens (including phenoxy) is 1. The zero-order valence-electron chi connectivity index (χ0n) is 12.4. The molecule has 0 spiro atoms. The monoisotopic (exact) mass is 279 g/mol. The topological polar surface area (TPSA) is 61.7 Å². The normalized spacial score (nSPS) is 19.6. The summed E-state index contributed by atoms with van der Waals surface area (Å²) in [4.78, 5) is 0. The molecule has 0 radical (unpaired) electrons. The van der Waals surface area contributed by atoms with Gasteiger partial charge < -0.3 is 20.3 Å². The Morgan fingerprint density at radius 2 is 2.00 bits per heavy atom. The summed E-state index contributed by atoms with van der Waals surface area (Å²) >= 11 is 0. The van der Waals surface area contributed by atoms with E-state index < -0.39 is 5.60 Å². The van der Waals surface area contributed by atoms with Crippen molar-refractivity contribution in [3.63, 3.8) is 0 Å². The minimum Gasteiger partial charge on any atom is -0.507 e. The molecule has 0 saturated heterocycles. The molecule has 1 aromatic rings. The lowest BCUT2D eigenvalue weighted by molar-refractivity contribution is 0.00294. The summed E-state index contributed by atoms with van der Waals surface area (Å²) in [6.07, 6.45) is 5.14. The molecule has 0 amide bonds. The van der Waals surface area contributed by atoms with Crippen LogP contribution in [0.4, 0.5) is 0 Å². The third kappa shape index (κ3) is 3.64. The maximum atomic E-state index is 10.5. The Labute approximate surface area is 120 Å². The van der Waals surface area contributed by atoms with Crippen LogP contribution in [-0.4, -0.2) is 29.5 Å². The van der Waals surface area contributed by atoms with Gasteiger partial charge in [0.05, 0.1) is 12.7 Å². The van der Waals surface area contributed by atoms with Gasteiger partial charge >= 0.3 is 0 Å². The van der Waals surface area contributed by atoms with Gasteiger partial charge in [0.2, 0.25) is 0 Å². The predicted molar refractivity (Wildman–Crippen MR) is 79.1 cm³/mol. The van der Waals surface area contributed by atoms with Crippen LogP contribution in [-0.2, 0) is 0 Å². The minimum atomic E-state index is -0.589. The van der Waals surface area contributed by atoms with Gasteiger partial charge in [-0.3, -0.25) is 0 Å². The third-order valence-corrected chi connectivity index (χ3v) is 4.23. The van der Waals surface area contributed by atoms with Crippen LogP contribution >= 0.6 is 0 Å². The van der Waals surface area contributed by atoms with E-state index in [9.17, 15) is 10.2 Å². The second-order valence-corrected chi connectivity index (χ2v) is 5.81. The molecule has 4 nitrogen and oxygen atoms in total. The number of phenolic OH excluding ortho intramolecular Hbond substituents is 1. The molecule has 1 saturated carbocycles. The fraction of sp³-hybridized carbons (Fsp3) is 0.625. The van der Waals surface area contributed by atoms with Crippen LogP contribution < -0.4 is 10.1 Å². The molecule has 0 aliphatic heterocycles. The molecular weight excluding hydrogens is 254 g/mol. The van der Waals surface area contributed by atoms with Gasteiger partial charge in [-0.25, -0.2) is 0 Å². The number of aliphatic hydroxyl groups is 1. The van der Waals surface area contributed by atoms with E-state index in [1.54, 1.807) is 13.2 Å². The highest BCUT2D eigenvalue weighted by molar-refractivity contribution is 5.41. The van der Waals surface area contributed by atoms with Crippen molar-refractivity contribution in [1.29, 1.82) is 0 Å². The quantitative estimate of drug-likeness (QED) is 0.775. The van der Waals surface area contributed by atoms with E-state index in [0.717, 1.165) is 31.2 Å². The molecule has 1 fully saturated rings. The molecule has 1 aliphatic carbocycles. The van der Waals surface area contributed by atoms with Gasteiger partial charge in [0.15, 0.2) is 0 Å². The highest BCUT2D eigenvalue weighted by Crippen LogP contribution is 2.30. The largest absolute Gasteiger partial charge is 0.507 e. The Morgan fingerprint density at radius 3 is 2.60 bits per heavy atom. The van der Waals surface area contributed by atoms with Crippen LogP contribution in [0.1, 0.15) is 50.6 Å². The van der Waals surface area contributed by atoms with Gasteiger partial charge in [0.25, 0.3) is 0 Å². The van der Waals surface area contributed by atoms with Gasteiger partial charge in [0, 0.05) is 24.2 Å². The highest BCUT2D eigenvalue weighted by atomic mass is 16.5. The Hall–Kier alpha value is -1.26. The lowest BCUT2D eigenvalue weighted by Gasteiger charge is -2.33. The number of rotatable bonds is 5. The second kappa shape index (κ2) is 6.46. The first-order valence-corrected chi connectivity index (χ1v) is 7.37. The van der Waals surface area contributed by atoms with Crippen LogP contribution in [0.25, 0.3) is 0 Å². The second-order valence-electron chi connectivity index (χ2n) is 5.81. The van der Waals surface area contributed by atoms with Crippen molar-refractivity contribution < 1.29 is 14.9 Å². The number of aromatic hydroxyl groups is 1. The van der Waals surface area contributed by atoms with Crippen LogP contribution in [0.2, 0.25) is 0 Å². The van der Waals surface area contributed by atoms with E-state index in [2.05, 4.69) is 5.32 Å². The summed E-state index contributed by atoms with van der Waals surface area (Å²) < 4.78 is 5.08. The fourth-order valence-corrected chi connectivity index (χ4v) is 2.86. The SMILES string of the molecule is COc1ccc(C(C)NCC2(O)CCCCC2)c(O)c1. The standard InChI is InChI=1S/C16H25NO3/c1-12(14-7-6-13(20-2)10-15(14)18)17-11-16(19)8-4-3-5-9-16/h6-7,10,12,17-19H,3-5,8-9,11H2,1-2H3. The van der Waals surface area contributed by atoms with Gasteiger partial charge in [-0.05, 0) is 25.8 Å². The maximum absolute atomic E-state index is 10.5. The summed E-state index contributed by atoms with van der Waals surface area (Å²) in [7, 11) is 1.58. The molecule has 0 aromatic heterocycles. The average molecular weight is 279 g/mol. The molecule has 1 unspecified atom stereocenters. The van der Waals surface area contributed by atoms with Gasteiger partial charge in [-0.2, -0.15) is 0 Å².